The van der Waals surface area contributed by atoms with Crippen LogP contribution in [-0.4, -0.2) is 27.1 Å². The van der Waals surface area contributed by atoms with Crippen LogP contribution in [-0.2, 0) is 11.2 Å². The Morgan fingerprint density at radius 2 is 1.97 bits per heavy atom. The van der Waals surface area contributed by atoms with Gasteiger partial charge < -0.3 is 4.90 Å². The molecule has 4 aromatic rings. The average Bonchev–Trinajstić information content (AvgIpc) is 3.53. The van der Waals surface area contributed by atoms with Crippen LogP contribution in [0, 0.1) is 0 Å². The van der Waals surface area contributed by atoms with Crippen molar-refractivity contribution in [3.8, 4) is 5.69 Å². The molecule has 1 atom stereocenters. The minimum Gasteiger partial charge on any atom is -0.327 e. The molecule has 5 rings (SSSR count). The van der Waals surface area contributed by atoms with E-state index >= 15 is 0 Å². The monoisotopic (exact) mass is 417 g/mol. The summed E-state index contributed by atoms with van der Waals surface area (Å²) in [5, 5.41) is 8.61. The number of para-hydroxylation sites is 1. The molecule has 0 bridgehead atoms. The molecule has 0 fully saturated rings. The molecule has 0 radical (unpaired) electrons. The Kier molecular flexibility index (Phi) is 4.87. The molecule has 4 heterocycles. The predicted molar refractivity (Wildman–Crippen MR) is 118 cm³/mol. The highest BCUT2D eigenvalue weighted by atomic mass is 32.1. The maximum Gasteiger partial charge on any atom is 0.247 e. The molecule has 0 saturated carbocycles. The SMILES string of the molecule is O=C(/C=C/c1cnn(-c2ccccc2)c1)N1CCc2sccc2[C@@H]1c1cccs1. The van der Waals surface area contributed by atoms with Gasteiger partial charge in [0.2, 0.25) is 5.91 Å². The zero-order valence-corrected chi connectivity index (χ0v) is 17.3. The van der Waals surface area contributed by atoms with Gasteiger partial charge in [-0.2, -0.15) is 5.10 Å². The van der Waals surface area contributed by atoms with Gasteiger partial charge in [-0.15, -0.1) is 22.7 Å². The number of fused-ring (bicyclic) bond motifs is 1. The van der Waals surface area contributed by atoms with Crippen LogP contribution in [0.4, 0.5) is 0 Å². The van der Waals surface area contributed by atoms with Crippen molar-refractivity contribution in [2.75, 3.05) is 6.54 Å². The summed E-state index contributed by atoms with van der Waals surface area (Å²) >= 11 is 3.49. The number of rotatable bonds is 4. The van der Waals surface area contributed by atoms with Gasteiger partial charge in [0.25, 0.3) is 0 Å². The fraction of sp³-hybridized carbons (Fsp3) is 0.130. The number of nitrogens with zero attached hydrogens (tertiary/aromatic N) is 3. The third kappa shape index (κ3) is 3.57. The number of hydrogen-bond acceptors (Lipinski definition) is 4. The minimum atomic E-state index is 0.00851. The molecule has 0 aliphatic carbocycles. The quantitative estimate of drug-likeness (QED) is 0.429. The first kappa shape index (κ1) is 18.1. The van der Waals surface area contributed by atoms with E-state index in [2.05, 4.69) is 34.1 Å². The number of carbonyl (C=O) groups excluding carboxylic acids is 1. The summed E-state index contributed by atoms with van der Waals surface area (Å²) in [6, 6.07) is 16.3. The van der Waals surface area contributed by atoms with Crippen LogP contribution >= 0.6 is 22.7 Å². The van der Waals surface area contributed by atoms with E-state index in [-0.39, 0.29) is 11.9 Å². The van der Waals surface area contributed by atoms with Gasteiger partial charge in [-0.25, -0.2) is 4.68 Å². The third-order valence-electron chi connectivity index (χ3n) is 5.10. The van der Waals surface area contributed by atoms with Crippen molar-refractivity contribution in [3.05, 3.63) is 98.6 Å². The Balaban J connectivity index is 1.38. The Morgan fingerprint density at radius 1 is 1.07 bits per heavy atom. The van der Waals surface area contributed by atoms with Crippen molar-refractivity contribution in [2.45, 2.75) is 12.5 Å². The molecule has 144 valence electrons. The van der Waals surface area contributed by atoms with Crippen LogP contribution in [0.5, 0.6) is 0 Å². The number of amides is 1. The Labute approximate surface area is 177 Å². The Bertz CT molecular complexity index is 1140. The van der Waals surface area contributed by atoms with E-state index in [0.29, 0.717) is 0 Å². The lowest BCUT2D eigenvalue weighted by atomic mass is 9.98. The third-order valence-corrected chi connectivity index (χ3v) is 7.02. The van der Waals surface area contributed by atoms with E-state index < -0.39 is 0 Å². The highest BCUT2D eigenvalue weighted by Gasteiger charge is 2.32. The lowest BCUT2D eigenvalue weighted by molar-refractivity contribution is -0.127. The molecule has 29 heavy (non-hydrogen) atoms. The molecule has 0 unspecified atom stereocenters. The zero-order valence-electron chi connectivity index (χ0n) is 15.6. The smallest absolute Gasteiger partial charge is 0.247 e. The van der Waals surface area contributed by atoms with E-state index in [1.165, 1.54) is 15.3 Å². The molecule has 0 N–H and O–H groups in total. The summed E-state index contributed by atoms with van der Waals surface area (Å²) in [6.45, 7) is 0.739. The van der Waals surface area contributed by atoms with Gasteiger partial charge in [0.15, 0.2) is 0 Å². The van der Waals surface area contributed by atoms with Crippen molar-refractivity contribution in [1.29, 1.82) is 0 Å². The zero-order chi connectivity index (χ0) is 19.6. The topological polar surface area (TPSA) is 38.1 Å². The number of aromatic nitrogens is 2. The van der Waals surface area contributed by atoms with Crippen LogP contribution in [0.1, 0.15) is 26.9 Å². The largest absolute Gasteiger partial charge is 0.327 e. The summed E-state index contributed by atoms with van der Waals surface area (Å²) in [7, 11) is 0. The van der Waals surface area contributed by atoms with Gasteiger partial charge in [-0.05, 0) is 53.1 Å². The van der Waals surface area contributed by atoms with Crippen LogP contribution < -0.4 is 0 Å². The molecule has 0 saturated heterocycles. The van der Waals surface area contributed by atoms with Gasteiger partial charge in [0.1, 0.15) is 0 Å². The van der Waals surface area contributed by atoms with Crippen molar-refractivity contribution in [1.82, 2.24) is 14.7 Å². The maximum atomic E-state index is 13.1. The minimum absolute atomic E-state index is 0.00851. The molecule has 4 nitrogen and oxygen atoms in total. The fourth-order valence-electron chi connectivity index (χ4n) is 3.72. The van der Waals surface area contributed by atoms with Crippen molar-refractivity contribution in [2.24, 2.45) is 0 Å². The second-order valence-corrected chi connectivity index (χ2v) is 8.87. The summed E-state index contributed by atoms with van der Waals surface area (Å²) in [4.78, 5) is 17.7. The van der Waals surface area contributed by atoms with E-state index in [1.807, 2.05) is 52.2 Å². The molecule has 0 spiro atoms. The number of hydrogen-bond donors (Lipinski definition) is 0. The second-order valence-electron chi connectivity index (χ2n) is 6.89. The Morgan fingerprint density at radius 3 is 2.79 bits per heavy atom. The number of benzene rings is 1. The first-order chi connectivity index (χ1) is 14.3. The molecule has 6 heteroatoms. The van der Waals surface area contributed by atoms with Crippen molar-refractivity contribution < 1.29 is 4.79 Å². The second kappa shape index (κ2) is 7.81. The Hall–Kier alpha value is -2.96. The van der Waals surface area contributed by atoms with Crippen LogP contribution in [0.2, 0.25) is 0 Å². The molecule has 1 aliphatic heterocycles. The highest BCUT2D eigenvalue weighted by molar-refractivity contribution is 7.10. The molecule has 1 aliphatic rings. The van der Waals surface area contributed by atoms with E-state index in [9.17, 15) is 4.79 Å². The standard InChI is InChI=1S/C23H19N3OS2/c27-22(9-8-17-15-24-26(16-17)18-5-2-1-3-6-18)25-12-10-20-19(11-14-29-20)23(25)21-7-4-13-28-21/h1-9,11,13-16,23H,10,12H2/b9-8+/t23-/m1/s1. The molecular weight excluding hydrogens is 398 g/mol. The van der Waals surface area contributed by atoms with Gasteiger partial charge in [0, 0.05) is 34.1 Å². The fourth-order valence-corrected chi connectivity index (χ4v) is 5.47. The van der Waals surface area contributed by atoms with Crippen LogP contribution in [0.15, 0.2) is 77.8 Å². The average molecular weight is 418 g/mol. The lowest BCUT2D eigenvalue weighted by Gasteiger charge is -2.34. The predicted octanol–water partition coefficient (Wildman–Crippen LogP) is 5.18. The molecule has 3 aromatic heterocycles. The van der Waals surface area contributed by atoms with E-state index in [4.69, 9.17) is 0 Å². The lowest BCUT2D eigenvalue weighted by Crippen LogP contribution is -2.38. The van der Waals surface area contributed by atoms with Crippen LogP contribution in [0.25, 0.3) is 11.8 Å². The van der Waals surface area contributed by atoms with Crippen molar-refractivity contribution in [3.63, 3.8) is 0 Å². The number of thiophene rings is 2. The normalized spacial score (nSPS) is 16.3. The van der Waals surface area contributed by atoms with Gasteiger partial charge in [-0.3, -0.25) is 4.79 Å². The molecule has 1 aromatic carbocycles. The first-order valence-corrected chi connectivity index (χ1v) is 11.2. The summed E-state index contributed by atoms with van der Waals surface area (Å²) in [5.41, 5.74) is 3.17. The molecular formula is C23H19N3OS2. The van der Waals surface area contributed by atoms with E-state index in [1.54, 1.807) is 34.9 Å². The maximum absolute atomic E-state index is 13.1. The summed E-state index contributed by atoms with van der Waals surface area (Å²) in [5.74, 6) is 0.0349. The highest BCUT2D eigenvalue weighted by Crippen LogP contribution is 2.39. The van der Waals surface area contributed by atoms with Crippen LogP contribution in [0.3, 0.4) is 0 Å². The molecule has 1 amide bonds. The summed E-state index contributed by atoms with van der Waals surface area (Å²) in [6.07, 6.45) is 8.15. The van der Waals surface area contributed by atoms with Gasteiger partial charge >= 0.3 is 0 Å². The summed E-state index contributed by atoms with van der Waals surface area (Å²) < 4.78 is 1.82. The van der Waals surface area contributed by atoms with E-state index in [0.717, 1.165) is 24.2 Å². The van der Waals surface area contributed by atoms with Crippen molar-refractivity contribution >= 4 is 34.7 Å². The van der Waals surface area contributed by atoms with Gasteiger partial charge in [-0.1, -0.05) is 24.3 Å². The first-order valence-electron chi connectivity index (χ1n) is 9.48. The van der Waals surface area contributed by atoms with Gasteiger partial charge in [0.05, 0.1) is 17.9 Å². The number of carbonyl (C=O) groups is 1.